The molecular weight excluding hydrogens is 443 g/mol. The minimum Gasteiger partial charge on any atom is -0.351 e. The van der Waals surface area contributed by atoms with Crippen LogP contribution in [0.5, 0.6) is 0 Å². The maximum atomic E-state index is 14.3. The van der Waals surface area contributed by atoms with Gasteiger partial charge in [0, 0.05) is 24.8 Å². The van der Waals surface area contributed by atoms with Crippen molar-refractivity contribution in [2.75, 3.05) is 13.1 Å². The smallest absolute Gasteiger partial charge is 0.315 e. The van der Waals surface area contributed by atoms with Crippen LogP contribution < -0.4 is 11.5 Å². The number of halogens is 3. The summed E-state index contributed by atoms with van der Waals surface area (Å²) in [5, 5.41) is 0. The minimum atomic E-state index is -1.48. The standard InChI is InChI=1S/C25H30F3N5O/c1-25(2,3)22(33(24(30)34)14-20(28)12-29)23-31-21(17-7-5-9-19(27)11-17)15-32(23)13-16-6-4-8-18(26)10-16/h4-11,15,20,22H,12-14,29H2,1-3H3,(H2,30,34)/t20-,22+/m1/s1. The summed E-state index contributed by atoms with van der Waals surface area (Å²) in [5.74, 6) is -0.397. The van der Waals surface area contributed by atoms with Crippen LogP contribution in [0.1, 0.15) is 38.2 Å². The van der Waals surface area contributed by atoms with Crippen LogP contribution in [0.2, 0.25) is 0 Å². The number of alkyl halides is 1. The Kier molecular flexibility index (Phi) is 7.66. The average Bonchev–Trinajstić information content (AvgIpc) is 3.15. The highest BCUT2D eigenvalue weighted by Crippen LogP contribution is 2.39. The summed E-state index contributed by atoms with van der Waals surface area (Å²) in [6.45, 7) is 5.29. The largest absolute Gasteiger partial charge is 0.351 e. The number of imidazole rings is 1. The molecule has 9 heteroatoms. The number of rotatable bonds is 8. The van der Waals surface area contributed by atoms with Crippen molar-refractivity contribution < 1.29 is 18.0 Å². The lowest BCUT2D eigenvalue weighted by Crippen LogP contribution is -2.48. The molecule has 4 N–H and O–H groups in total. The summed E-state index contributed by atoms with van der Waals surface area (Å²) in [6, 6.07) is 10.5. The van der Waals surface area contributed by atoms with Gasteiger partial charge in [-0.05, 0) is 35.2 Å². The topological polar surface area (TPSA) is 90.2 Å². The van der Waals surface area contributed by atoms with Crippen LogP contribution >= 0.6 is 0 Å². The summed E-state index contributed by atoms with van der Waals surface area (Å²) in [7, 11) is 0. The molecular formula is C25H30F3N5O. The second kappa shape index (κ2) is 10.3. The number of hydrogen-bond acceptors (Lipinski definition) is 3. The molecule has 0 aliphatic heterocycles. The minimum absolute atomic E-state index is 0.227. The van der Waals surface area contributed by atoms with Crippen molar-refractivity contribution in [1.29, 1.82) is 0 Å². The third kappa shape index (κ3) is 5.96. The summed E-state index contributed by atoms with van der Waals surface area (Å²) in [5.41, 5.74) is 12.2. The number of aromatic nitrogens is 2. The first-order valence-electron chi connectivity index (χ1n) is 11.0. The van der Waals surface area contributed by atoms with Gasteiger partial charge in [0.05, 0.1) is 18.3 Å². The van der Waals surface area contributed by atoms with E-state index in [1.807, 2.05) is 20.8 Å². The number of carbonyl (C=O) groups is 1. The third-order valence-electron chi connectivity index (χ3n) is 5.48. The Bertz CT molecular complexity index is 1140. The van der Waals surface area contributed by atoms with Crippen LogP contribution in [0.3, 0.4) is 0 Å². The number of amides is 2. The summed E-state index contributed by atoms with van der Waals surface area (Å²) in [6.07, 6.45) is 0.231. The predicted molar refractivity (Wildman–Crippen MR) is 126 cm³/mol. The van der Waals surface area contributed by atoms with Gasteiger partial charge in [-0.1, -0.05) is 45.0 Å². The van der Waals surface area contributed by atoms with E-state index in [-0.39, 0.29) is 25.5 Å². The van der Waals surface area contributed by atoms with Gasteiger partial charge in [0.25, 0.3) is 0 Å². The molecule has 0 unspecified atom stereocenters. The van der Waals surface area contributed by atoms with Crippen molar-refractivity contribution in [3.8, 4) is 11.3 Å². The van der Waals surface area contributed by atoms with Crippen molar-refractivity contribution in [1.82, 2.24) is 14.5 Å². The van der Waals surface area contributed by atoms with E-state index in [4.69, 9.17) is 16.5 Å². The number of urea groups is 1. The molecule has 0 radical (unpaired) electrons. The summed E-state index contributed by atoms with van der Waals surface area (Å²) in [4.78, 5) is 18.4. The highest BCUT2D eigenvalue weighted by atomic mass is 19.1. The fraction of sp³-hybridized carbons (Fsp3) is 0.360. The number of primary amides is 1. The van der Waals surface area contributed by atoms with Crippen LogP contribution in [-0.4, -0.2) is 39.7 Å². The molecule has 0 saturated carbocycles. The van der Waals surface area contributed by atoms with Crippen LogP contribution in [-0.2, 0) is 6.54 Å². The third-order valence-corrected chi connectivity index (χ3v) is 5.48. The van der Waals surface area contributed by atoms with E-state index >= 15 is 0 Å². The highest BCUT2D eigenvalue weighted by Gasteiger charge is 2.38. The fourth-order valence-corrected chi connectivity index (χ4v) is 4.00. The van der Waals surface area contributed by atoms with E-state index in [0.29, 0.717) is 22.6 Å². The predicted octanol–water partition coefficient (Wildman–Crippen LogP) is 4.64. The van der Waals surface area contributed by atoms with E-state index < -0.39 is 29.5 Å². The molecule has 3 rings (SSSR count). The molecule has 6 nitrogen and oxygen atoms in total. The average molecular weight is 474 g/mol. The molecule has 0 saturated heterocycles. The molecule has 1 aromatic heterocycles. The van der Waals surface area contributed by atoms with Crippen molar-refractivity contribution in [3.63, 3.8) is 0 Å². The second-order valence-electron chi connectivity index (χ2n) is 9.34. The zero-order chi connectivity index (χ0) is 25.0. The molecule has 2 amide bonds. The van der Waals surface area contributed by atoms with Crippen LogP contribution in [0.15, 0.2) is 54.7 Å². The Labute approximate surface area is 197 Å². The van der Waals surface area contributed by atoms with Gasteiger partial charge in [0.1, 0.15) is 23.6 Å². The molecule has 1 heterocycles. The van der Waals surface area contributed by atoms with Crippen LogP contribution in [0.4, 0.5) is 18.0 Å². The van der Waals surface area contributed by atoms with Gasteiger partial charge in [-0.15, -0.1) is 0 Å². The quantitative estimate of drug-likeness (QED) is 0.499. The lowest BCUT2D eigenvalue weighted by molar-refractivity contribution is 0.0937. The van der Waals surface area contributed by atoms with Gasteiger partial charge in [-0.25, -0.2) is 22.9 Å². The van der Waals surface area contributed by atoms with E-state index in [1.54, 1.807) is 35.0 Å². The summed E-state index contributed by atoms with van der Waals surface area (Å²) < 4.78 is 43.9. The number of nitrogens with two attached hydrogens (primary N) is 2. The van der Waals surface area contributed by atoms with E-state index in [0.717, 1.165) is 0 Å². The Morgan fingerprint density at radius 1 is 1.12 bits per heavy atom. The Morgan fingerprint density at radius 3 is 2.32 bits per heavy atom. The van der Waals surface area contributed by atoms with Gasteiger partial charge in [-0.3, -0.25) is 0 Å². The molecule has 0 bridgehead atoms. The molecule has 0 aliphatic carbocycles. The van der Waals surface area contributed by atoms with Gasteiger partial charge in [0.2, 0.25) is 0 Å². The first-order chi connectivity index (χ1) is 16.0. The van der Waals surface area contributed by atoms with Crippen molar-refractivity contribution in [2.24, 2.45) is 16.9 Å². The molecule has 2 aromatic carbocycles. The van der Waals surface area contributed by atoms with Gasteiger partial charge >= 0.3 is 6.03 Å². The van der Waals surface area contributed by atoms with E-state index in [9.17, 15) is 18.0 Å². The van der Waals surface area contributed by atoms with Gasteiger partial charge in [-0.2, -0.15) is 0 Å². The Balaban J connectivity index is 2.18. The molecule has 0 aliphatic rings. The van der Waals surface area contributed by atoms with Crippen LogP contribution in [0.25, 0.3) is 11.3 Å². The highest BCUT2D eigenvalue weighted by molar-refractivity contribution is 5.73. The first-order valence-corrected chi connectivity index (χ1v) is 11.0. The molecule has 0 spiro atoms. The zero-order valence-electron chi connectivity index (χ0n) is 19.5. The van der Waals surface area contributed by atoms with Crippen LogP contribution in [0, 0.1) is 17.0 Å². The number of carbonyl (C=O) groups excluding carboxylic acids is 1. The SMILES string of the molecule is CC(C)(C)[C@H](c1nc(-c2cccc(F)c2)cn1Cc1cccc(F)c1)N(C[C@H](F)CN)C(N)=O. The lowest BCUT2D eigenvalue weighted by atomic mass is 9.84. The molecule has 2 atom stereocenters. The maximum absolute atomic E-state index is 14.3. The maximum Gasteiger partial charge on any atom is 0.315 e. The van der Waals surface area contributed by atoms with Crippen molar-refractivity contribution in [2.45, 2.75) is 39.5 Å². The Morgan fingerprint density at radius 2 is 1.76 bits per heavy atom. The van der Waals surface area contributed by atoms with Crippen molar-refractivity contribution >= 4 is 6.03 Å². The lowest BCUT2D eigenvalue weighted by Gasteiger charge is -2.39. The fourth-order valence-electron chi connectivity index (χ4n) is 4.00. The number of nitrogens with zero attached hydrogens (tertiary/aromatic N) is 3. The molecule has 0 fully saturated rings. The first kappa shape index (κ1) is 25.3. The number of hydrogen-bond donors (Lipinski definition) is 2. The van der Waals surface area contributed by atoms with Gasteiger partial charge < -0.3 is 20.9 Å². The monoisotopic (exact) mass is 473 g/mol. The normalized spacial score (nSPS) is 13.5. The molecule has 182 valence electrons. The zero-order valence-corrected chi connectivity index (χ0v) is 19.5. The van der Waals surface area contributed by atoms with E-state index in [2.05, 4.69) is 0 Å². The molecule has 34 heavy (non-hydrogen) atoms. The molecule has 3 aromatic rings. The van der Waals surface area contributed by atoms with Gasteiger partial charge in [0.15, 0.2) is 0 Å². The Hall–Kier alpha value is -3.33. The van der Waals surface area contributed by atoms with Crippen molar-refractivity contribution in [3.05, 3.63) is 77.8 Å². The summed E-state index contributed by atoms with van der Waals surface area (Å²) >= 11 is 0. The number of benzene rings is 2. The van der Waals surface area contributed by atoms with E-state index in [1.165, 1.54) is 29.2 Å². The second-order valence-corrected chi connectivity index (χ2v) is 9.34.